The standard InChI is InChI=1S/C22H30N4O3/c1-6-8-9-14-20(28)22(23-17-11-13-19(4)27)21(29)15-10-12-18(3)26(5)25-24-16-7-2/h6-7,9-10,14-16H,1,3,8,11-13,17H2,2,4-5H3/b14-9-,15-10+,16-7?,23-22?,25-24?. The number of carbonyl (C=O) groups excluding carboxylic acids is 3. The van der Waals surface area contributed by atoms with Gasteiger partial charge in [-0.15, -0.1) is 11.7 Å². The Hall–Kier alpha value is -3.22. The van der Waals surface area contributed by atoms with E-state index >= 15 is 0 Å². The van der Waals surface area contributed by atoms with Gasteiger partial charge in [-0.25, -0.2) is 0 Å². The Morgan fingerprint density at radius 1 is 1.10 bits per heavy atom. The summed E-state index contributed by atoms with van der Waals surface area (Å²) in [6, 6.07) is 0. The predicted molar refractivity (Wildman–Crippen MR) is 117 cm³/mol. The van der Waals surface area contributed by atoms with Crippen LogP contribution in [0.25, 0.3) is 0 Å². The Morgan fingerprint density at radius 2 is 1.76 bits per heavy atom. The first kappa shape index (κ1) is 25.8. The van der Waals surface area contributed by atoms with Crippen LogP contribution < -0.4 is 0 Å². The zero-order chi connectivity index (χ0) is 22.1. The highest BCUT2D eigenvalue weighted by molar-refractivity contribution is 6.70. The zero-order valence-corrected chi connectivity index (χ0v) is 17.5. The Morgan fingerprint density at radius 3 is 2.34 bits per heavy atom. The summed E-state index contributed by atoms with van der Waals surface area (Å²) in [4.78, 5) is 39.9. The smallest absolute Gasteiger partial charge is 0.207 e. The van der Waals surface area contributed by atoms with E-state index in [9.17, 15) is 14.4 Å². The fraction of sp³-hybridized carbons (Fsp3) is 0.364. The summed E-state index contributed by atoms with van der Waals surface area (Å²) in [5, 5.41) is 9.22. The monoisotopic (exact) mass is 398 g/mol. The second-order valence-electron chi connectivity index (χ2n) is 6.07. The number of hydrogen-bond donors (Lipinski definition) is 0. The quantitative estimate of drug-likeness (QED) is 0.0779. The van der Waals surface area contributed by atoms with Gasteiger partial charge in [0.05, 0.1) is 0 Å². The van der Waals surface area contributed by atoms with Crippen molar-refractivity contribution in [1.29, 1.82) is 0 Å². The number of carbonyl (C=O) groups is 3. The maximum atomic E-state index is 12.5. The minimum atomic E-state index is -0.493. The molecule has 0 fully saturated rings. The summed E-state index contributed by atoms with van der Waals surface area (Å²) in [7, 11) is 1.70. The molecule has 7 nitrogen and oxygen atoms in total. The number of allylic oxidation sites excluding steroid dienone is 6. The first-order valence-electron chi connectivity index (χ1n) is 9.33. The van der Waals surface area contributed by atoms with Crippen molar-refractivity contribution in [3.63, 3.8) is 0 Å². The third-order valence-electron chi connectivity index (χ3n) is 3.48. The highest BCUT2D eigenvalue weighted by Crippen LogP contribution is 2.06. The topological polar surface area (TPSA) is 91.5 Å². The van der Waals surface area contributed by atoms with E-state index in [1.165, 1.54) is 24.1 Å². The lowest BCUT2D eigenvalue weighted by molar-refractivity contribution is -0.117. The Balaban J connectivity index is 5.08. The maximum Gasteiger partial charge on any atom is 0.207 e. The maximum absolute atomic E-state index is 12.5. The van der Waals surface area contributed by atoms with Crippen LogP contribution in [0.2, 0.25) is 0 Å². The highest BCUT2D eigenvalue weighted by atomic mass is 16.1. The largest absolute Gasteiger partial charge is 0.300 e. The summed E-state index contributed by atoms with van der Waals surface area (Å²) < 4.78 is 0. The molecular weight excluding hydrogens is 368 g/mol. The van der Waals surface area contributed by atoms with Crippen LogP contribution >= 0.6 is 0 Å². The zero-order valence-electron chi connectivity index (χ0n) is 17.5. The van der Waals surface area contributed by atoms with Crippen LogP contribution in [0.1, 0.15) is 39.5 Å². The molecule has 0 aliphatic rings. The molecule has 0 radical (unpaired) electrons. The summed E-state index contributed by atoms with van der Waals surface area (Å²) in [5.41, 5.74) is 0.469. The van der Waals surface area contributed by atoms with Gasteiger partial charge >= 0.3 is 0 Å². The van der Waals surface area contributed by atoms with Crippen molar-refractivity contribution in [1.82, 2.24) is 5.01 Å². The van der Waals surface area contributed by atoms with E-state index in [1.807, 2.05) is 6.92 Å². The molecule has 0 saturated carbocycles. The number of hydrogen-bond acceptors (Lipinski definition) is 6. The molecule has 0 aromatic carbocycles. The molecule has 0 spiro atoms. The third kappa shape index (κ3) is 12.7. The number of nitrogens with zero attached hydrogens (tertiary/aromatic N) is 4. The highest BCUT2D eigenvalue weighted by Gasteiger charge is 2.15. The summed E-state index contributed by atoms with van der Waals surface area (Å²) in [6.07, 6.45) is 12.5. The van der Waals surface area contributed by atoms with Crippen molar-refractivity contribution in [2.75, 3.05) is 13.6 Å². The number of Topliss-reactive ketones (excluding diaryl/α,β-unsaturated/α-hetero) is 1. The summed E-state index contributed by atoms with van der Waals surface area (Å²) >= 11 is 0. The van der Waals surface area contributed by atoms with Gasteiger partial charge in [-0.05, 0) is 38.8 Å². The first-order valence-corrected chi connectivity index (χ1v) is 9.33. The molecule has 0 amide bonds. The third-order valence-corrected chi connectivity index (χ3v) is 3.48. The predicted octanol–water partition coefficient (Wildman–Crippen LogP) is 4.36. The van der Waals surface area contributed by atoms with Gasteiger partial charge in [0.15, 0.2) is 5.71 Å². The fourth-order valence-corrected chi connectivity index (χ4v) is 1.90. The lowest BCUT2D eigenvalue weighted by Crippen LogP contribution is -2.21. The molecule has 0 unspecified atom stereocenters. The molecular formula is C22H30N4O3. The van der Waals surface area contributed by atoms with Crippen molar-refractivity contribution in [3.05, 3.63) is 61.5 Å². The van der Waals surface area contributed by atoms with Gasteiger partial charge in [-0.2, -0.15) is 0 Å². The molecule has 0 bridgehead atoms. The van der Waals surface area contributed by atoms with Gasteiger partial charge in [0, 0.05) is 38.3 Å². The number of ketones is 3. The first-order chi connectivity index (χ1) is 13.8. The van der Waals surface area contributed by atoms with Gasteiger partial charge < -0.3 is 4.79 Å². The SMILES string of the molecule is C=CC/C=C\C(=O)C(=NCCCC(C)=O)C(=O)/C=C/CC(=C)N(C)N=NC=CC. The minimum Gasteiger partial charge on any atom is -0.300 e. The van der Waals surface area contributed by atoms with E-state index in [-0.39, 0.29) is 18.0 Å². The molecule has 0 N–H and O–H groups in total. The molecule has 156 valence electrons. The van der Waals surface area contributed by atoms with E-state index in [0.717, 1.165) is 0 Å². The molecule has 0 rings (SSSR count). The van der Waals surface area contributed by atoms with E-state index in [4.69, 9.17) is 0 Å². The molecule has 7 heteroatoms. The minimum absolute atomic E-state index is 0.0411. The van der Waals surface area contributed by atoms with Crippen LogP contribution in [0.4, 0.5) is 0 Å². The molecule has 0 heterocycles. The van der Waals surface area contributed by atoms with Crippen molar-refractivity contribution in [2.45, 2.75) is 39.5 Å². The van der Waals surface area contributed by atoms with Gasteiger partial charge in [0.25, 0.3) is 0 Å². The van der Waals surface area contributed by atoms with Gasteiger partial charge in [-0.3, -0.25) is 19.6 Å². The lowest BCUT2D eigenvalue weighted by atomic mass is 10.1. The van der Waals surface area contributed by atoms with Crippen molar-refractivity contribution < 1.29 is 14.4 Å². The van der Waals surface area contributed by atoms with Gasteiger partial charge in [0.1, 0.15) is 5.78 Å². The van der Waals surface area contributed by atoms with Gasteiger partial charge in [0.2, 0.25) is 11.6 Å². The van der Waals surface area contributed by atoms with Crippen molar-refractivity contribution in [2.24, 2.45) is 15.3 Å². The fourth-order valence-electron chi connectivity index (χ4n) is 1.90. The normalized spacial score (nSPS) is 12.3. The van der Waals surface area contributed by atoms with E-state index in [1.54, 1.807) is 37.6 Å². The Kier molecular flexibility index (Phi) is 14.0. The Bertz CT molecular complexity index is 743. The molecule has 0 aromatic rings. The van der Waals surface area contributed by atoms with E-state index < -0.39 is 11.6 Å². The molecule has 0 atom stereocenters. The van der Waals surface area contributed by atoms with Crippen molar-refractivity contribution in [3.8, 4) is 0 Å². The van der Waals surface area contributed by atoms with Crippen molar-refractivity contribution >= 4 is 23.1 Å². The van der Waals surface area contributed by atoms with E-state index in [0.29, 0.717) is 31.4 Å². The average molecular weight is 399 g/mol. The molecule has 0 aliphatic heterocycles. The molecule has 0 saturated heterocycles. The number of aliphatic imine (C=N–C) groups is 1. The molecule has 29 heavy (non-hydrogen) atoms. The van der Waals surface area contributed by atoms with Crippen LogP contribution in [-0.4, -0.2) is 41.7 Å². The van der Waals surface area contributed by atoms with Crippen LogP contribution in [0.5, 0.6) is 0 Å². The summed E-state index contributed by atoms with van der Waals surface area (Å²) in [6.45, 7) is 11.0. The summed E-state index contributed by atoms with van der Waals surface area (Å²) in [5.74, 6) is -0.924. The van der Waals surface area contributed by atoms with Crippen LogP contribution in [0, 0.1) is 0 Å². The van der Waals surface area contributed by atoms with Gasteiger partial charge in [-0.1, -0.05) is 36.1 Å². The second kappa shape index (κ2) is 15.8. The molecule has 0 aliphatic carbocycles. The lowest BCUT2D eigenvalue weighted by Gasteiger charge is -2.11. The molecule has 0 aromatic heterocycles. The van der Waals surface area contributed by atoms with Crippen LogP contribution in [0.15, 0.2) is 76.8 Å². The second-order valence-corrected chi connectivity index (χ2v) is 6.07. The van der Waals surface area contributed by atoms with Crippen LogP contribution in [0.3, 0.4) is 0 Å². The Labute approximate surface area is 173 Å². The number of rotatable bonds is 15. The van der Waals surface area contributed by atoms with E-state index in [2.05, 4.69) is 28.5 Å². The van der Waals surface area contributed by atoms with Crippen LogP contribution in [-0.2, 0) is 14.4 Å². The average Bonchev–Trinajstić information content (AvgIpc) is 2.67.